The van der Waals surface area contributed by atoms with E-state index in [-0.39, 0.29) is 18.1 Å². The molecule has 3 aromatic rings. The van der Waals surface area contributed by atoms with Gasteiger partial charge in [0.25, 0.3) is 10.1 Å². The molecule has 2 heterocycles. The smallest absolute Gasteiger partial charge is 0.297 e. The minimum absolute atomic E-state index is 0.121. The summed E-state index contributed by atoms with van der Waals surface area (Å²) in [5, 5.41) is 0.823. The Hall–Kier alpha value is -2.64. The van der Waals surface area contributed by atoms with Crippen LogP contribution >= 0.6 is 0 Å². The number of pyridine rings is 1. The normalized spacial score (nSPS) is 16.4. The first-order chi connectivity index (χ1) is 12.9. The molecular weight excluding hydrogens is 366 g/mol. The zero-order valence-corrected chi connectivity index (χ0v) is 15.8. The number of hydrogen-bond donors (Lipinski definition) is 0. The summed E-state index contributed by atoms with van der Waals surface area (Å²) in [5.74, 6) is 1.18. The molecule has 4 rings (SSSR count). The molecule has 0 fully saturated rings. The lowest BCUT2D eigenvalue weighted by atomic mass is 10.1. The van der Waals surface area contributed by atoms with Gasteiger partial charge in [0.2, 0.25) is 0 Å². The van der Waals surface area contributed by atoms with Crippen LogP contribution in [0.1, 0.15) is 11.3 Å². The van der Waals surface area contributed by atoms with E-state index in [0.717, 1.165) is 22.2 Å². The highest BCUT2D eigenvalue weighted by Gasteiger charge is 2.26. The summed E-state index contributed by atoms with van der Waals surface area (Å²) < 4.78 is 41.6. The second-order valence-corrected chi connectivity index (χ2v) is 8.13. The van der Waals surface area contributed by atoms with Gasteiger partial charge >= 0.3 is 0 Å². The zero-order chi connectivity index (χ0) is 19.0. The lowest BCUT2D eigenvalue weighted by Gasteiger charge is -2.27. The van der Waals surface area contributed by atoms with Gasteiger partial charge in [-0.1, -0.05) is 17.7 Å². The van der Waals surface area contributed by atoms with Gasteiger partial charge in [-0.2, -0.15) is 8.42 Å². The molecule has 1 unspecified atom stereocenters. The molecule has 1 atom stereocenters. The molecule has 0 saturated carbocycles. The molecule has 6 nitrogen and oxygen atoms in total. The van der Waals surface area contributed by atoms with Crippen molar-refractivity contribution in [2.24, 2.45) is 0 Å². The van der Waals surface area contributed by atoms with E-state index in [2.05, 4.69) is 4.98 Å². The average Bonchev–Trinajstić information content (AvgIpc) is 2.66. The van der Waals surface area contributed by atoms with Crippen molar-refractivity contribution in [3.05, 3.63) is 59.8 Å². The number of hydrogen-bond acceptors (Lipinski definition) is 6. The van der Waals surface area contributed by atoms with E-state index in [9.17, 15) is 8.42 Å². The number of nitrogens with zero attached hydrogens (tertiary/aromatic N) is 1. The van der Waals surface area contributed by atoms with Crippen LogP contribution in [0.5, 0.6) is 11.5 Å². The van der Waals surface area contributed by atoms with Gasteiger partial charge in [0.1, 0.15) is 13.2 Å². The van der Waals surface area contributed by atoms with Gasteiger partial charge in [-0.05, 0) is 50.2 Å². The van der Waals surface area contributed by atoms with Crippen molar-refractivity contribution in [1.82, 2.24) is 4.98 Å². The lowest BCUT2D eigenvalue weighted by molar-refractivity contribution is 0.0571. The molecule has 0 radical (unpaired) electrons. The number of ether oxygens (including phenoxy) is 2. The summed E-state index contributed by atoms with van der Waals surface area (Å²) in [6.07, 6.45) is -0.537. The average molecular weight is 385 g/mol. The summed E-state index contributed by atoms with van der Waals surface area (Å²) in [6, 6.07) is 14.0. The fourth-order valence-corrected chi connectivity index (χ4v) is 3.83. The van der Waals surface area contributed by atoms with E-state index in [4.69, 9.17) is 13.7 Å². The van der Waals surface area contributed by atoms with Crippen molar-refractivity contribution < 1.29 is 22.1 Å². The molecule has 1 aliphatic heterocycles. The first kappa shape index (κ1) is 17.8. The molecule has 0 N–H and O–H groups in total. The van der Waals surface area contributed by atoms with Crippen LogP contribution in [-0.2, 0) is 14.3 Å². The van der Waals surface area contributed by atoms with E-state index in [1.54, 1.807) is 12.1 Å². The molecule has 0 saturated heterocycles. The van der Waals surface area contributed by atoms with Crippen LogP contribution in [0.3, 0.4) is 0 Å². The SMILES string of the molecule is Cc1ccc(S(=O)(=O)OCC2COc3ccc4nc(C)ccc4c3O2)cc1. The Kier molecular flexibility index (Phi) is 4.49. The van der Waals surface area contributed by atoms with Crippen LogP contribution in [0, 0.1) is 13.8 Å². The Morgan fingerprint density at radius 2 is 1.85 bits per heavy atom. The number of aromatic nitrogens is 1. The Balaban J connectivity index is 1.52. The largest absolute Gasteiger partial charge is 0.486 e. The van der Waals surface area contributed by atoms with Crippen molar-refractivity contribution >= 4 is 21.0 Å². The maximum atomic E-state index is 12.4. The number of rotatable bonds is 4. The molecular formula is C20H19NO5S. The third kappa shape index (κ3) is 3.61. The Labute approximate surface area is 157 Å². The standard InChI is InChI=1S/C20H19NO5S/c1-13-3-6-16(7-4-13)27(22,23)25-12-15-11-24-19-10-9-18-17(20(19)26-15)8-5-14(2)21-18/h3-10,15H,11-12H2,1-2H3. The molecule has 1 aromatic heterocycles. The first-order valence-electron chi connectivity index (χ1n) is 8.58. The van der Waals surface area contributed by atoms with Gasteiger partial charge in [0, 0.05) is 11.1 Å². The van der Waals surface area contributed by atoms with Gasteiger partial charge in [-0.3, -0.25) is 9.17 Å². The van der Waals surface area contributed by atoms with Crippen molar-refractivity contribution in [3.63, 3.8) is 0 Å². The van der Waals surface area contributed by atoms with Crippen LogP contribution in [0.25, 0.3) is 10.9 Å². The second kappa shape index (κ2) is 6.83. The summed E-state index contributed by atoms with van der Waals surface area (Å²) in [7, 11) is -3.85. The molecule has 0 bridgehead atoms. The highest BCUT2D eigenvalue weighted by atomic mass is 32.2. The Morgan fingerprint density at radius 3 is 2.63 bits per heavy atom. The van der Waals surface area contributed by atoms with E-state index in [1.807, 2.05) is 38.1 Å². The van der Waals surface area contributed by atoms with Gasteiger partial charge in [0.05, 0.1) is 10.4 Å². The van der Waals surface area contributed by atoms with E-state index < -0.39 is 16.2 Å². The Morgan fingerprint density at radius 1 is 1.07 bits per heavy atom. The molecule has 0 aliphatic carbocycles. The lowest BCUT2D eigenvalue weighted by Crippen LogP contribution is -2.34. The van der Waals surface area contributed by atoms with Gasteiger partial charge in [-0.15, -0.1) is 0 Å². The Bertz CT molecular complexity index is 1090. The summed E-state index contributed by atoms with van der Waals surface area (Å²) >= 11 is 0. The molecule has 2 aromatic carbocycles. The topological polar surface area (TPSA) is 74.7 Å². The summed E-state index contributed by atoms with van der Waals surface area (Å²) in [4.78, 5) is 4.60. The van der Waals surface area contributed by atoms with Crippen molar-refractivity contribution in [2.45, 2.75) is 24.8 Å². The second-order valence-electron chi connectivity index (χ2n) is 6.51. The highest BCUT2D eigenvalue weighted by molar-refractivity contribution is 7.86. The summed E-state index contributed by atoms with van der Waals surface area (Å²) in [5.41, 5.74) is 2.68. The number of aryl methyl sites for hydroxylation is 2. The predicted molar refractivity (Wildman–Crippen MR) is 101 cm³/mol. The third-order valence-corrected chi connectivity index (χ3v) is 5.65. The monoisotopic (exact) mass is 385 g/mol. The van der Waals surface area contributed by atoms with Gasteiger partial charge in [0.15, 0.2) is 17.6 Å². The van der Waals surface area contributed by atoms with Crippen molar-refractivity contribution in [2.75, 3.05) is 13.2 Å². The van der Waals surface area contributed by atoms with Crippen LogP contribution in [0.4, 0.5) is 0 Å². The van der Waals surface area contributed by atoms with Crippen LogP contribution in [0.15, 0.2) is 53.4 Å². The number of fused-ring (bicyclic) bond motifs is 3. The molecule has 0 amide bonds. The van der Waals surface area contributed by atoms with Crippen LogP contribution in [-0.4, -0.2) is 32.7 Å². The minimum atomic E-state index is -3.85. The van der Waals surface area contributed by atoms with Gasteiger partial charge in [-0.25, -0.2) is 0 Å². The number of benzene rings is 2. The molecule has 1 aliphatic rings. The van der Waals surface area contributed by atoms with Crippen molar-refractivity contribution in [3.8, 4) is 11.5 Å². The maximum absolute atomic E-state index is 12.4. The first-order valence-corrected chi connectivity index (χ1v) is 9.99. The third-order valence-electron chi connectivity index (χ3n) is 4.35. The summed E-state index contributed by atoms with van der Waals surface area (Å²) in [6.45, 7) is 3.89. The molecule has 0 spiro atoms. The van der Waals surface area contributed by atoms with E-state index in [1.165, 1.54) is 12.1 Å². The highest BCUT2D eigenvalue weighted by Crippen LogP contribution is 2.38. The molecule has 140 valence electrons. The maximum Gasteiger partial charge on any atom is 0.297 e. The fourth-order valence-electron chi connectivity index (χ4n) is 2.90. The molecule has 27 heavy (non-hydrogen) atoms. The van der Waals surface area contributed by atoms with E-state index >= 15 is 0 Å². The molecule has 7 heteroatoms. The van der Waals surface area contributed by atoms with E-state index in [0.29, 0.717) is 11.5 Å². The van der Waals surface area contributed by atoms with Crippen molar-refractivity contribution in [1.29, 1.82) is 0 Å². The van der Waals surface area contributed by atoms with Gasteiger partial charge < -0.3 is 9.47 Å². The fraction of sp³-hybridized carbons (Fsp3) is 0.250. The predicted octanol–water partition coefficient (Wildman–Crippen LogP) is 3.40. The quantitative estimate of drug-likeness (QED) is 0.641. The minimum Gasteiger partial charge on any atom is -0.486 e. The zero-order valence-electron chi connectivity index (χ0n) is 15.0. The van der Waals surface area contributed by atoms with Crippen LogP contribution in [0.2, 0.25) is 0 Å². The van der Waals surface area contributed by atoms with Crippen LogP contribution < -0.4 is 9.47 Å².